The summed E-state index contributed by atoms with van der Waals surface area (Å²) in [6.07, 6.45) is 2.02. The van der Waals surface area contributed by atoms with Gasteiger partial charge in [0.2, 0.25) is 0 Å². The van der Waals surface area contributed by atoms with Gasteiger partial charge >= 0.3 is 0 Å². The van der Waals surface area contributed by atoms with Gasteiger partial charge < -0.3 is 14.6 Å². The van der Waals surface area contributed by atoms with E-state index in [4.69, 9.17) is 9.47 Å². The molecule has 2 aromatic rings. The molecule has 2 heterocycles. The Hall–Kier alpha value is -2.34. The van der Waals surface area contributed by atoms with Crippen LogP contribution in [0.5, 0.6) is 11.5 Å². The summed E-state index contributed by atoms with van der Waals surface area (Å²) in [4.78, 5) is 15.5. The average Bonchev–Trinajstić information content (AvgIpc) is 2.49. The van der Waals surface area contributed by atoms with Crippen molar-refractivity contribution in [1.29, 1.82) is 0 Å². The van der Waals surface area contributed by atoms with Gasteiger partial charge in [0.1, 0.15) is 13.2 Å². The molecule has 0 spiro atoms. The first-order chi connectivity index (χ1) is 9.74. The molecule has 0 saturated heterocycles. The zero-order valence-corrected chi connectivity index (χ0v) is 10.7. The van der Waals surface area contributed by atoms with Crippen LogP contribution in [0.3, 0.4) is 0 Å². The van der Waals surface area contributed by atoms with Crippen molar-refractivity contribution in [2.24, 2.45) is 0 Å². The predicted molar refractivity (Wildman–Crippen MR) is 70.9 cm³/mol. The first-order valence-corrected chi connectivity index (χ1v) is 6.32. The van der Waals surface area contributed by atoms with E-state index >= 15 is 0 Å². The molecule has 1 aliphatic heterocycles. The van der Waals surface area contributed by atoms with Crippen LogP contribution in [0.1, 0.15) is 11.7 Å². The fourth-order valence-electron chi connectivity index (χ4n) is 2.07. The molecule has 1 atom stereocenters. The fraction of sp³-hybridized carbons (Fsp3) is 0.286. The largest absolute Gasteiger partial charge is 0.486 e. The van der Waals surface area contributed by atoms with Crippen molar-refractivity contribution in [3.8, 4) is 11.5 Å². The Morgan fingerprint density at radius 1 is 1.25 bits per heavy atom. The van der Waals surface area contributed by atoms with Gasteiger partial charge in [-0.05, 0) is 17.7 Å². The van der Waals surface area contributed by atoms with Crippen molar-refractivity contribution in [2.75, 3.05) is 13.2 Å². The van der Waals surface area contributed by atoms with Crippen LogP contribution in [0.15, 0.2) is 41.6 Å². The second-order valence-electron chi connectivity index (χ2n) is 4.49. The molecule has 20 heavy (non-hydrogen) atoms. The van der Waals surface area contributed by atoms with E-state index in [1.807, 2.05) is 0 Å². The molecule has 0 aliphatic carbocycles. The highest BCUT2D eigenvalue weighted by Gasteiger charge is 2.16. The van der Waals surface area contributed by atoms with Crippen LogP contribution >= 0.6 is 0 Å². The molecule has 1 N–H and O–H groups in total. The maximum atomic E-state index is 11.6. The van der Waals surface area contributed by atoms with Crippen LogP contribution < -0.4 is 15.0 Å². The minimum atomic E-state index is -0.812. The molecule has 104 valence electrons. The van der Waals surface area contributed by atoms with Crippen molar-refractivity contribution >= 4 is 0 Å². The highest BCUT2D eigenvalue weighted by molar-refractivity contribution is 5.44. The van der Waals surface area contributed by atoms with Gasteiger partial charge in [-0.15, -0.1) is 0 Å². The van der Waals surface area contributed by atoms with Gasteiger partial charge in [-0.1, -0.05) is 6.07 Å². The van der Waals surface area contributed by atoms with E-state index in [0.717, 1.165) is 0 Å². The zero-order chi connectivity index (χ0) is 13.9. The normalized spacial score (nSPS) is 14.8. The maximum Gasteiger partial charge on any atom is 0.253 e. The number of hydrogen-bond donors (Lipinski definition) is 1. The molecule has 0 saturated carbocycles. The van der Waals surface area contributed by atoms with E-state index in [9.17, 15) is 9.90 Å². The molecule has 1 aromatic carbocycles. The number of benzene rings is 1. The molecule has 1 aliphatic rings. The summed E-state index contributed by atoms with van der Waals surface area (Å²) in [5, 5.41) is 10.2. The van der Waals surface area contributed by atoms with Crippen molar-refractivity contribution < 1.29 is 14.6 Å². The summed E-state index contributed by atoms with van der Waals surface area (Å²) in [6.45, 7) is 1.17. The molecular weight excluding hydrogens is 260 g/mol. The Labute approximate surface area is 115 Å². The van der Waals surface area contributed by atoms with Gasteiger partial charge in [0, 0.05) is 12.3 Å². The lowest BCUT2D eigenvalue weighted by Crippen LogP contribution is -2.22. The summed E-state index contributed by atoms with van der Waals surface area (Å²) in [7, 11) is 0. The van der Waals surface area contributed by atoms with Gasteiger partial charge in [0.15, 0.2) is 11.5 Å². The van der Waals surface area contributed by atoms with Crippen LogP contribution in [0, 0.1) is 0 Å². The Morgan fingerprint density at radius 3 is 2.85 bits per heavy atom. The molecule has 0 fully saturated rings. The Bertz CT molecular complexity index is 668. The van der Waals surface area contributed by atoms with Crippen LogP contribution in [0.2, 0.25) is 0 Å². The van der Waals surface area contributed by atoms with Crippen molar-refractivity contribution in [3.05, 3.63) is 52.7 Å². The standard InChI is InChI=1S/C14H14N2O4/c17-11(8-16-9-15-4-3-14(16)18)10-1-2-12-13(7-10)20-6-5-19-12/h1-4,7,9,11,17H,5-6,8H2. The van der Waals surface area contributed by atoms with Gasteiger partial charge in [0.05, 0.1) is 19.0 Å². The smallest absolute Gasteiger partial charge is 0.253 e. The monoisotopic (exact) mass is 274 g/mol. The number of aliphatic hydroxyl groups excluding tert-OH is 1. The minimum Gasteiger partial charge on any atom is -0.486 e. The molecule has 1 aromatic heterocycles. The summed E-state index contributed by atoms with van der Waals surface area (Å²) < 4.78 is 12.3. The quantitative estimate of drug-likeness (QED) is 0.894. The first-order valence-electron chi connectivity index (χ1n) is 6.32. The fourth-order valence-corrected chi connectivity index (χ4v) is 2.07. The summed E-state index contributed by atoms with van der Waals surface area (Å²) in [5.74, 6) is 1.29. The summed E-state index contributed by atoms with van der Waals surface area (Å²) in [6, 6.07) is 6.62. The number of hydrogen-bond acceptors (Lipinski definition) is 5. The second-order valence-corrected chi connectivity index (χ2v) is 4.49. The van der Waals surface area contributed by atoms with E-state index in [1.165, 1.54) is 23.2 Å². The van der Waals surface area contributed by atoms with Crippen molar-refractivity contribution in [3.63, 3.8) is 0 Å². The van der Waals surface area contributed by atoms with E-state index in [0.29, 0.717) is 30.3 Å². The Balaban J connectivity index is 1.82. The number of aromatic nitrogens is 2. The van der Waals surface area contributed by atoms with Gasteiger partial charge in [0.25, 0.3) is 5.56 Å². The third-order valence-electron chi connectivity index (χ3n) is 3.11. The van der Waals surface area contributed by atoms with Crippen LogP contribution in [-0.4, -0.2) is 27.9 Å². The molecule has 0 bridgehead atoms. The van der Waals surface area contributed by atoms with Crippen LogP contribution in [0.25, 0.3) is 0 Å². The Morgan fingerprint density at radius 2 is 2.05 bits per heavy atom. The third-order valence-corrected chi connectivity index (χ3v) is 3.11. The molecule has 6 nitrogen and oxygen atoms in total. The molecule has 0 radical (unpaired) electrons. The number of fused-ring (bicyclic) bond motifs is 1. The first kappa shape index (κ1) is 12.7. The second kappa shape index (κ2) is 5.34. The van der Waals surface area contributed by atoms with E-state index in [1.54, 1.807) is 18.2 Å². The topological polar surface area (TPSA) is 73.6 Å². The molecule has 3 rings (SSSR count). The number of nitrogens with zero attached hydrogens (tertiary/aromatic N) is 2. The predicted octanol–water partition coefficient (Wildman–Crippen LogP) is 0.748. The molecular formula is C14H14N2O4. The van der Waals surface area contributed by atoms with E-state index < -0.39 is 6.10 Å². The molecule has 0 amide bonds. The van der Waals surface area contributed by atoms with Gasteiger partial charge in [-0.2, -0.15) is 0 Å². The number of aliphatic hydroxyl groups is 1. The van der Waals surface area contributed by atoms with E-state index in [2.05, 4.69) is 4.98 Å². The Kier molecular flexibility index (Phi) is 3.39. The lowest BCUT2D eigenvalue weighted by atomic mass is 10.1. The van der Waals surface area contributed by atoms with Crippen LogP contribution in [-0.2, 0) is 6.54 Å². The lowest BCUT2D eigenvalue weighted by Gasteiger charge is -2.20. The average molecular weight is 274 g/mol. The number of rotatable bonds is 3. The summed E-state index contributed by atoms with van der Waals surface area (Å²) >= 11 is 0. The highest BCUT2D eigenvalue weighted by atomic mass is 16.6. The number of ether oxygens (including phenoxy) is 2. The van der Waals surface area contributed by atoms with Gasteiger partial charge in [-0.25, -0.2) is 4.98 Å². The molecule has 6 heteroatoms. The van der Waals surface area contributed by atoms with Crippen molar-refractivity contribution in [2.45, 2.75) is 12.6 Å². The maximum absolute atomic E-state index is 11.6. The lowest BCUT2D eigenvalue weighted by molar-refractivity contribution is 0.150. The third kappa shape index (κ3) is 2.50. The summed E-state index contributed by atoms with van der Waals surface area (Å²) in [5.41, 5.74) is 0.474. The van der Waals surface area contributed by atoms with Gasteiger partial charge in [-0.3, -0.25) is 9.36 Å². The van der Waals surface area contributed by atoms with Crippen LogP contribution in [0.4, 0.5) is 0 Å². The highest BCUT2D eigenvalue weighted by Crippen LogP contribution is 2.32. The minimum absolute atomic E-state index is 0.145. The SMILES string of the molecule is O=c1ccncn1CC(O)c1ccc2c(c1)OCCO2. The zero-order valence-electron chi connectivity index (χ0n) is 10.7. The molecule has 1 unspecified atom stereocenters. The van der Waals surface area contributed by atoms with Crippen molar-refractivity contribution in [1.82, 2.24) is 9.55 Å². The van der Waals surface area contributed by atoms with E-state index in [-0.39, 0.29) is 12.1 Å².